The Morgan fingerprint density at radius 3 is 2.17 bits per heavy atom. The number of anilines is 1. The number of hydroxylamine groups is 1. The molecule has 7 nitrogen and oxygen atoms in total. The van der Waals surface area contributed by atoms with Gasteiger partial charge in [0.1, 0.15) is 6.61 Å². The molecule has 0 bridgehead atoms. The molecule has 1 aromatic heterocycles. The molecule has 1 heterocycles. The van der Waals surface area contributed by atoms with Gasteiger partial charge in [0.2, 0.25) is 11.8 Å². The third-order valence-electron chi connectivity index (χ3n) is 6.21. The number of hydrogen-bond donors (Lipinski definition) is 2. The zero-order valence-corrected chi connectivity index (χ0v) is 19.7. The highest BCUT2D eigenvalue weighted by Crippen LogP contribution is 2.32. The van der Waals surface area contributed by atoms with E-state index in [0.29, 0.717) is 31.2 Å². The number of hydrogen-bond acceptors (Lipinski definition) is 5. The van der Waals surface area contributed by atoms with Crippen LogP contribution in [0.3, 0.4) is 0 Å². The van der Waals surface area contributed by atoms with Gasteiger partial charge in [-0.05, 0) is 54.9 Å². The van der Waals surface area contributed by atoms with Crippen molar-refractivity contribution in [3.63, 3.8) is 0 Å². The fraction of sp³-hybridized carbons (Fsp3) is 0.321. The molecular formula is C28H31N3O4. The molecule has 182 valence electrons. The van der Waals surface area contributed by atoms with E-state index in [2.05, 4.69) is 15.8 Å². The standard InChI is InChI=1S/C28H31N3O4/c32-26(31-35-20-23-10-5-2-6-11-23)18-21-13-15-24(16-14-21)28(33)30-27-25(12-7-17-29-27)34-19-22-8-3-1-4-9-22/h1-12,17,21,24H,13-16,18-20H2,(H,31,32)(H,29,30,33). The van der Waals surface area contributed by atoms with Gasteiger partial charge in [0.25, 0.3) is 0 Å². The molecule has 0 unspecified atom stereocenters. The first-order valence-corrected chi connectivity index (χ1v) is 12.0. The number of amides is 2. The van der Waals surface area contributed by atoms with E-state index in [0.717, 1.165) is 36.8 Å². The van der Waals surface area contributed by atoms with Crippen molar-refractivity contribution in [1.82, 2.24) is 10.5 Å². The van der Waals surface area contributed by atoms with Crippen LogP contribution >= 0.6 is 0 Å². The first-order valence-electron chi connectivity index (χ1n) is 12.0. The molecule has 0 radical (unpaired) electrons. The fourth-order valence-electron chi connectivity index (χ4n) is 4.26. The van der Waals surface area contributed by atoms with Gasteiger partial charge in [0.15, 0.2) is 11.6 Å². The summed E-state index contributed by atoms with van der Waals surface area (Å²) < 4.78 is 5.90. The molecule has 3 aromatic rings. The molecule has 0 saturated heterocycles. The van der Waals surface area contributed by atoms with E-state index >= 15 is 0 Å². The van der Waals surface area contributed by atoms with E-state index < -0.39 is 0 Å². The monoisotopic (exact) mass is 473 g/mol. The molecule has 7 heteroatoms. The highest BCUT2D eigenvalue weighted by molar-refractivity contribution is 5.92. The summed E-state index contributed by atoms with van der Waals surface area (Å²) in [6.45, 7) is 0.738. The van der Waals surface area contributed by atoms with Crippen LogP contribution in [-0.4, -0.2) is 16.8 Å². The second kappa shape index (κ2) is 12.7. The molecule has 2 N–H and O–H groups in total. The number of nitrogens with one attached hydrogen (secondary N) is 2. The van der Waals surface area contributed by atoms with Crippen molar-refractivity contribution in [3.05, 3.63) is 90.1 Å². The summed E-state index contributed by atoms with van der Waals surface area (Å²) in [4.78, 5) is 34.7. The molecule has 0 spiro atoms. The maximum atomic E-state index is 12.9. The van der Waals surface area contributed by atoms with Gasteiger partial charge in [-0.2, -0.15) is 0 Å². The summed E-state index contributed by atoms with van der Waals surface area (Å²) in [6.07, 6.45) is 5.16. The number of carbonyl (C=O) groups excluding carboxylic acids is 2. The van der Waals surface area contributed by atoms with Crippen LogP contribution in [0.2, 0.25) is 0 Å². The average molecular weight is 474 g/mol. The second-order valence-corrected chi connectivity index (χ2v) is 8.83. The van der Waals surface area contributed by atoms with Crippen LogP contribution in [0.1, 0.15) is 43.2 Å². The number of pyridine rings is 1. The Kier molecular flexibility index (Phi) is 8.84. The quantitative estimate of drug-likeness (QED) is 0.403. The van der Waals surface area contributed by atoms with E-state index in [-0.39, 0.29) is 23.7 Å². The lowest BCUT2D eigenvalue weighted by atomic mass is 9.80. The molecule has 4 rings (SSSR count). The van der Waals surface area contributed by atoms with Crippen LogP contribution in [0, 0.1) is 11.8 Å². The van der Waals surface area contributed by atoms with Crippen molar-refractivity contribution >= 4 is 17.6 Å². The van der Waals surface area contributed by atoms with Crippen LogP contribution in [0.25, 0.3) is 0 Å². The first kappa shape index (κ1) is 24.4. The Morgan fingerprint density at radius 1 is 0.829 bits per heavy atom. The van der Waals surface area contributed by atoms with Crippen LogP contribution < -0.4 is 15.5 Å². The van der Waals surface area contributed by atoms with Gasteiger partial charge >= 0.3 is 0 Å². The Hall–Kier alpha value is -3.71. The summed E-state index contributed by atoms with van der Waals surface area (Å²) in [5.41, 5.74) is 4.58. The van der Waals surface area contributed by atoms with Crippen molar-refractivity contribution in [1.29, 1.82) is 0 Å². The van der Waals surface area contributed by atoms with E-state index in [9.17, 15) is 9.59 Å². The predicted octanol–water partition coefficient (Wildman–Crippen LogP) is 5.04. The molecule has 35 heavy (non-hydrogen) atoms. The summed E-state index contributed by atoms with van der Waals surface area (Å²) >= 11 is 0. The third kappa shape index (κ3) is 7.65. The van der Waals surface area contributed by atoms with Crippen molar-refractivity contribution in [2.24, 2.45) is 11.8 Å². The number of ether oxygens (including phenoxy) is 1. The second-order valence-electron chi connectivity index (χ2n) is 8.83. The SMILES string of the molecule is O=C(CC1CCC(C(=O)Nc2ncccc2OCc2ccccc2)CC1)NOCc1ccccc1. The van der Waals surface area contributed by atoms with E-state index in [4.69, 9.17) is 9.57 Å². The van der Waals surface area contributed by atoms with E-state index in [1.54, 1.807) is 18.3 Å². The van der Waals surface area contributed by atoms with Gasteiger partial charge in [0, 0.05) is 18.5 Å². The van der Waals surface area contributed by atoms with Crippen molar-refractivity contribution < 1.29 is 19.2 Å². The lowest BCUT2D eigenvalue weighted by molar-refractivity contribution is -0.135. The summed E-state index contributed by atoms with van der Waals surface area (Å²) in [5.74, 6) is 0.951. The lowest BCUT2D eigenvalue weighted by Crippen LogP contribution is -2.30. The minimum absolute atomic E-state index is 0.0534. The third-order valence-corrected chi connectivity index (χ3v) is 6.21. The number of aromatic nitrogens is 1. The molecule has 1 aliphatic carbocycles. The van der Waals surface area contributed by atoms with Crippen molar-refractivity contribution in [3.8, 4) is 5.75 Å². The van der Waals surface area contributed by atoms with Gasteiger partial charge in [-0.3, -0.25) is 14.4 Å². The average Bonchev–Trinajstić information content (AvgIpc) is 2.90. The maximum absolute atomic E-state index is 12.9. The fourth-order valence-corrected chi connectivity index (χ4v) is 4.26. The lowest BCUT2D eigenvalue weighted by Gasteiger charge is -2.27. The van der Waals surface area contributed by atoms with Gasteiger partial charge in [-0.25, -0.2) is 10.5 Å². The molecule has 1 fully saturated rings. The van der Waals surface area contributed by atoms with Gasteiger partial charge in [0.05, 0.1) is 6.61 Å². The first-order chi connectivity index (χ1) is 17.2. The number of benzene rings is 2. The summed E-state index contributed by atoms with van der Waals surface area (Å²) in [7, 11) is 0. The Balaban J connectivity index is 1.19. The van der Waals surface area contributed by atoms with Crippen molar-refractivity contribution in [2.75, 3.05) is 5.32 Å². The molecular weight excluding hydrogens is 442 g/mol. The Morgan fingerprint density at radius 2 is 1.49 bits per heavy atom. The highest BCUT2D eigenvalue weighted by atomic mass is 16.6. The molecule has 0 atom stereocenters. The van der Waals surface area contributed by atoms with Crippen molar-refractivity contribution in [2.45, 2.75) is 45.3 Å². The Bertz CT molecular complexity index is 1080. The smallest absolute Gasteiger partial charge is 0.243 e. The topological polar surface area (TPSA) is 89.6 Å². The van der Waals surface area contributed by atoms with Gasteiger partial charge < -0.3 is 10.1 Å². The molecule has 2 amide bonds. The summed E-state index contributed by atoms with van der Waals surface area (Å²) in [6, 6.07) is 23.1. The zero-order chi connectivity index (χ0) is 24.3. The number of carbonyl (C=O) groups is 2. The summed E-state index contributed by atoms with van der Waals surface area (Å²) in [5, 5.41) is 2.94. The largest absolute Gasteiger partial charge is 0.485 e. The minimum atomic E-state index is -0.123. The van der Waals surface area contributed by atoms with Crippen LogP contribution in [0.15, 0.2) is 79.0 Å². The molecule has 2 aromatic carbocycles. The highest BCUT2D eigenvalue weighted by Gasteiger charge is 2.28. The van der Waals surface area contributed by atoms with Crippen LogP contribution in [-0.2, 0) is 27.6 Å². The minimum Gasteiger partial charge on any atom is -0.485 e. The van der Waals surface area contributed by atoms with Crippen LogP contribution in [0.4, 0.5) is 5.82 Å². The molecule has 1 saturated carbocycles. The number of nitrogens with zero attached hydrogens (tertiary/aromatic N) is 1. The molecule has 1 aliphatic rings. The van der Waals surface area contributed by atoms with E-state index in [1.165, 1.54) is 0 Å². The van der Waals surface area contributed by atoms with Crippen LogP contribution in [0.5, 0.6) is 5.75 Å². The molecule has 0 aliphatic heterocycles. The van der Waals surface area contributed by atoms with Gasteiger partial charge in [-0.1, -0.05) is 60.7 Å². The zero-order valence-electron chi connectivity index (χ0n) is 19.7. The number of rotatable bonds is 10. The van der Waals surface area contributed by atoms with E-state index in [1.807, 2.05) is 60.7 Å². The normalized spacial score (nSPS) is 17.4. The predicted molar refractivity (Wildman–Crippen MR) is 133 cm³/mol. The van der Waals surface area contributed by atoms with Gasteiger partial charge in [-0.15, -0.1) is 0 Å². The maximum Gasteiger partial charge on any atom is 0.243 e. The Labute approximate surface area is 205 Å².